The van der Waals surface area contributed by atoms with Gasteiger partial charge in [0.15, 0.2) is 0 Å². The van der Waals surface area contributed by atoms with Gasteiger partial charge < -0.3 is 9.32 Å². The molecular formula is C45H31NO. The van der Waals surface area contributed by atoms with E-state index in [0.717, 1.165) is 39.0 Å². The van der Waals surface area contributed by atoms with Crippen molar-refractivity contribution in [3.63, 3.8) is 0 Å². The number of anilines is 3. The summed E-state index contributed by atoms with van der Waals surface area (Å²) in [6, 6.07) is 55.3. The molecule has 0 spiro atoms. The van der Waals surface area contributed by atoms with Gasteiger partial charge in [-0.05, 0) is 85.6 Å². The Morgan fingerprint density at radius 1 is 0.447 bits per heavy atom. The molecule has 0 N–H and O–H groups in total. The smallest absolute Gasteiger partial charge is 0.137 e. The third-order valence-electron chi connectivity index (χ3n) is 10.4. The summed E-state index contributed by atoms with van der Waals surface area (Å²) in [5.74, 6) is 0. The molecule has 0 bridgehead atoms. The molecule has 1 aliphatic rings. The van der Waals surface area contributed by atoms with E-state index in [-0.39, 0.29) is 5.41 Å². The van der Waals surface area contributed by atoms with Crippen LogP contribution in [0.5, 0.6) is 0 Å². The maximum absolute atomic E-state index is 6.44. The molecule has 1 aromatic heterocycles. The van der Waals surface area contributed by atoms with Crippen LogP contribution in [0.15, 0.2) is 156 Å². The lowest BCUT2D eigenvalue weighted by atomic mass is 9.82. The third-order valence-corrected chi connectivity index (χ3v) is 10.4. The van der Waals surface area contributed by atoms with Crippen LogP contribution in [0.3, 0.4) is 0 Å². The number of rotatable bonds is 3. The molecule has 1 aliphatic carbocycles. The Hall–Kier alpha value is -5.86. The van der Waals surface area contributed by atoms with Gasteiger partial charge in [-0.15, -0.1) is 0 Å². The Morgan fingerprint density at radius 3 is 1.98 bits per heavy atom. The van der Waals surface area contributed by atoms with E-state index >= 15 is 0 Å². The molecular weight excluding hydrogens is 571 g/mol. The van der Waals surface area contributed by atoms with E-state index in [4.69, 9.17) is 4.42 Å². The summed E-state index contributed by atoms with van der Waals surface area (Å²) in [7, 11) is 0. The fourth-order valence-corrected chi connectivity index (χ4v) is 8.16. The summed E-state index contributed by atoms with van der Waals surface area (Å²) in [4.78, 5) is 2.43. The van der Waals surface area contributed by atoms with E-state index in [1.807, 2.05) is 12.1 Å². The maximum atomic E-state index is 6.44. The Kier molecular flexibility index (Phi) is 5.37. The van der Waals surface area contributed by atoms with Gasteiger partial charge in [0.05, 0.1) is 5.69 Å². The van der Waals surface area contributed by atoms with E-state index < -0.39 is 0 Å². The first-order chi connectivity index (χ1) is 23.1. The molecule has 2 nitrogen and oxygen atoms in total. The van der Waals surface area contributed by atoms with Gasteiger partial charge >= 0.3 is 0 Å². The van der Waals surface area contributed by atoms with Crippen molar-refractivity contribution in [2.45, 2.75) is 19.3 Å². The molecule has 0 saturated heterocycles. The summed E-state index contributed by atoms with van der Waals surface area (Å²) >= 11 is 0. The lowest BCUT2D eigenvalue weighted by molar-refractivity contribution is 0.660. The number of hydrogen-bond acceptors (Lipinski definition) is 2. The van der Waals surface area contributed by atoms with Crippen LogP contribution < -0.4 is 4.90 Å². The second-order valence-corrected chi connectivity index (χ2v) is 13.3. The number of fused-ring (bicyclic) bond motifs is 11. The van der Waals surface area contributed by atoms with Gasteiger partial charge in [-0.1, -0.05) is 123 Å². The molecule has 0 fully saturated rings. The monoisotopic (exact) mass is 601 g/mol. The Morgan fingerprint density at radius 2 is 1.09 bits per heavy atom. The Labute approximate surface area is 273 Å². The first kappa shape index (κ1) is 26.4. The fourth-order valence-electron chi connectivity index (χ4n) is 8.16. The van der Waals surface area contributed by atoms with Crippen LogP contribution in [0.4, 0.5) is 17.1 Å². The van der Waals surface area contributed by atoms with Crippen molar-refractivity contribution in [3.05, 3.63) is 163 Å². The summed E-state index contributed by atoms with van der Waals surface area (Å²) in [5, 5.41) is 9.78. The summed E-state index contributed by atoms with van der Waals surface area (Å²) in [6.45, 7) is 4.70. The van der Waals surface area contributed by atoms with Gasteiger partial charge in [0, 0.05) is 39.0 Å². The van der Waals surface area contributed by atoms with E-state index in [1.54, 1.807) is 0 Å². The van der Waals surface area contributed by atoms with Crippen LogP contribution >= 0.6 is 0 Å². The van der Waals surface area contributed by atoms with Gasteiger partial charge in [0.1, 0.15) is 11.2 Å². The lowest BCUT2D eigenvalue weighted by Crippen LogP contribution is -2.16. The molecule has 2 heteroatoms. The minimum atomic E-state index is -0.110. The van der Waals surface area contributed by atoms with Crippen LogP contribution in [0, 0.1) is 0 Å². The number of benzene rings is 8. The van der Waals surface area contributed by atoms with Crippen LogP contribution in [0.1, 0.15) is 25.0 Å². The van der Waals surface area contributed by atoms with Crippen molar-refractivity contribution in [1.29, 1.82) is 0 Å². The SMILES string of the molecule is CC1(C)c2ccccc2-c2ccc(N(c3ccc4c(c3)oc3ccccc34)c3cc4ccc5ccccc5c4c4ccccc34)cc21. The molecule has 0 atom stereocenters. The van der Waals surface area contributed by atoms with Crippen LogP contribution in [0.25, 0.3) is 65.4 Å². The first-order valence-electron chi connectivity index (χ1n) is 16.4. The topological polar surface area (TPSA) is 16.4 Å². The van der Waals surface area contributed by atoms with Gasteiger partial charge in [0.25, 0.3) is 0 Å². The highest BCUT2D eigenvalue weighted by Crippen LogP contribution is 2.51. The summed E-state index contributed by atoms with van der Waals surface area (Å²) < 4.78 is 6.44. The molecule has 0 saturated carbocycles. The van der Waals surface area contributed by atoms with Crippen molar-refractivity contribution in [2.24, 2.45) is 0 Å². The quantitative estimate of drug-likeness (QED) is 0.187. The molecule has 0 amide bonds. The Balaban J connectivity index is 1.28. The van der Waals surface area contributed by atoms with E-state index in [1.165, 1.54) is 54.6 Å². The lowest BCUT2D eigenvalue weighted by Gasteiger charge is -2.29. The molecule has 0 aliphatic heterocycles. The van der Waals surface area contributed by atoms with Crippen molar-refractivity contribution in [2.75, 3.05) is 4.90 Å². The number of furan rings is 1. The predicted octanol–water partition coefficient (Wildman–Crippen LogP) is 12.8. The highest BCUT2D eigenvalue weighted by molar-refractivity contribution is 6.23. The van der Waals surface area contributed by atoms with E-state index in [0.29, 0.717) is 0 Å². The van der Waals surface area contributed by atoms with Gasteiger partial charge in [-0.25, -0.2) is 0 Å². The zero-order valence-electron chi connectivity index (χ0n) is 26.3. The van der Waals surface area contributed by atoms with Crippen LogP contribution in [0.2, 0.25) is 0 Å². The standard InChI is InChI=1S/C45H31NO/c1-45(2)39-17-9-7-13-33(39)34-23-21-30(26-40(34)45)46(31-22-24-37-36-15-8-10-18-42(36)47-43(37)27-31)41-25-29-20-19-28-11-3-4-12-32(28)44(29)38-16-6-5-14-35(38)41/h3-27H,1-2H3. The first-order valence-corrected chi connectivity index (χ1v) is 16.4. The number of para-hydroxylation sites is 1. The molecule has 0 unspecified atom stereocenters. The normalized spacial score (nSPS) is 13.5. The fraction of sp³-hybridized carbons (Fsp3) is 0.0667. The second kappa shape index (κ2) is 9.57. The molecule has 47 heavy (non-hydrogen) atoms. The van der Waals surface area contributed by atoms with E-state index in [9.17, 15) is 0 Å². The highest BCUT2D eigenvalue weighted by atomic mass is 16.3. The minimum Gasteiger partial charge on any atom is -0.456 e. The van der Waals surface area contributed by atoms with Gasteiger partial charge in [-0.3, -0.25) is 0 Å². The molecule has 0 radical (unpaired) electrons. The van der Waals surface area contributed by atoms with Crippen molar-refractivity contribution >= 4 is 71.3 Å². The summed E-state index contributed by atoms with van der Waals surface area (Å²) in [6.07, 6.45) is 0. The van der Waals surface area contributed by atoms with Crippen LogP contribution in [-0.2, 0) is 5.41 Å². The zero-order chi connectivity index (χ0) is 31.3. The minimum absolute atomic E-state index is 0.110. The third kappa shape index (κ3) is 3.73. The van der Waals surface area contributed by atoms with Gasteiger partial charge in [-0.2, -0.15) is 0 Å². The molecule has 222 valence electrons. The molecule has 1 heterocycles. The Bertz CT molecular complexity index is 2730. The molecule has 8 aromatic carbocycles. The summed E-state index contributed by atoms with van der Waals surface area (Å²) in [5.41, 5.74) is 10.4. The predicted molar refractivity (Wildman–Crippen MR) is 198 cm³/mol. The number of nitrogens with zero attached hydrogens (tertiary/aromatic N) is 1. The van der Waals surface area contributed by atoms with Gasteiger partial charge in [0.2, 0.25) is 0 Å². The zero-order valence-corrected chi connectivity index (χ0v) is 26.3. The number of hydrogen-bond donors (Lipinski definition) is 0. The van der Waals surface area contributed by atoms with Crippen LogP contribution in [-0.4, -0.2) is 0 Å². The maximum Gasteiger partial charge on any atom is 0.137 e. The van der Waals surface area contributed by atoms with E-state index in [2.05, 4.69) is 158 Å². The second-order valence-electron chi connectivity index (χ2n) is 13.3. The highest BCUT2D eigenvalue weighted by Gasteiger charge is 2.36. The molecule has 10 rings (SSSR count). The van der Waals surface area contributed by atoms with Crippen molar-refractivity contribution in [3.8, 4) is 11.1 Å². The largest absolute Gasteiger partial charge is 0.456 e. The van der Waals surface area contributed by atoms with Crippen molar-refractivity contribution < 1.29 is 4.42 Å². The average Bonchev–Trinajstić information content (AvgIpc) is 3.60. The average molecular weight is 602 g/mol. The van der Waals surface area contributed by atoms with Crippen molar-refractivity contribution in [1.82, 2.24) is 0 Å². The molecule has 9 aromatic rings.